The second-order valence-electron chi connectivity index (χ2n) is 11.8. The van der Waals surface area contributed by atoms with Crippen LogP contribution in [0.3, 0.4) is 0 Å². The smallest absolute Gasteiger partial charge is 0.321 e. The first-order chi connectivity index (χ1) is 23.3. The van der Waals surface area contributed by atoms with Crippen molar-refractivity contribution in [2.45, 2.75) is 38.9 Å². The molecule has 4 heterocycles. The normalized spacial score (nSPS) is 14.2. The molecule has 0 radical (unpaired) electrons. The van der Waals surface area contributed by atoms with Gasteiger partial charge in [0, 0.05) is 56.2 Å². The fourth-order valence-electron chi connectivity index (χ4n) is 5.92. The summed E-state index contributed by atoms with van der Waals surface area (Å²) in [5.74, 6) is 2.57. The van der Waals surface area contributed by atoms with Gasteiger partial charge >= 0.3 is 6.03 Å². The summed E-state index contributed by atoms with van der Waals surface area (Å²) in [6, 6.07) is 20.8. The molecule has 1 aliphatic heterocycles. The number of rotatable bonds is 11. The van der Waals surface area contributed by atoms with E-state index in [2.05, 4.69) is 32.4 Å². The standard InChI is InChI=1S/C37H39N7O4/c1-5-26-14-16-38-20-30(26)33-18-27-19-34(42-37(46)41-32-15-17-43(2)36(32)45)39-21-31(27)35(40-33)44(22-24-6-10-28(47-3)11-7-24)23-25-8-12-29(48-4)13-9-25/h6-14,16,18-21,32H,5,15,17,22-23H2,1-4H3,(H2,39,41,42,46)/t32-/m0/s1. The van der Waals surface area contributed by atoms with E-state index in [1.807, 2.05) is 72.9 Å². The lowest BCUT2D eigenvalue weighted by Gasteiger charge is -2.26. The number of aromatic nitrogens is 3. The van der Waals surface area contributed by atoms with Crippen LogP contribution >= 0.6 is 0 Å². The second-order valence-corrected chi connectivity index (χ2v) is 11.8. The number of fused-ring (bicyclic) bond motifs is 1. The van der Waals surface area contributed by atoms with E-state index in [1.165, 1.54) is 0 Å². The molecule has 3 amide bonds. The van der Waals surface area contributed by atoms with Crippen LogP contribution in [-0.2, 0) is 24.3 Å². The number of urea groups is 1. The number of hydrogen-bond donors (Lipinski definition) is 2. The van der Waals surface area contributed by atoms with Crippen molar-refractivity contribution in [1.29, 1.82) is 0 Å². The van der Waals surface area contributed by atoms with Gasteiger partial charge in [-0.25, -0.2) is 14.8 Å². The number of hydrogen-bond acceptors (Lipinski definition) is 8. The predicted octanol–water partition coefficient (Wildman–Crippen LogP) is 5.83. The Morgan fingerprint density at radius 3 is 2.21 bits per heavy atom. The molecule has 48 heavy (non-hydrogen) atoms. The Labute approximate surface area is 279 Å². The van der Waals surface area contributed by atoms with Crippen molar-refractivity contribution < 1.29 is 19.1 Å². The van der Waals surface area contributed by atoms with Crippen LogP contribution in [0.4, 0.5) is 16.4 Å². The maximum absolute atomic E-state index is 12.9. The van der Waals surface area contributed by atoms with Crippen molar-refractivity contribution in [2.24, 2.45) is 0 Å². The summed E-state index contributed by atoms with van der Waals surface area (Å²) in [6.45, 7) is 3.83. The van der Waals surface area contributed by atoms with Crippen molar-refractivity contribution in [3.05, 3.63) is 102 Å². The molecule has 0 aliphatic carbocycles. The van der Waals surface area contributed by atoms with E-state index >= 15 is 0 Å². The highest BCUT2D eigenvalue weighted by Crippen LogP contribution is 2.34. The van der Waals surface area contributed by atoms with Crippen molar-refractivity contribution in [3.8, 4) is 22.8 Å². The zero-order valence-corrected chi connectivity index (χ0v) is 27.6. The third kappa shape index (κ3) is 7.15. The number of amides is 3. The minimum atomic E-state index is -0.555. The molecule has 5 aromatic rings. The summed E-state index contributed by atoms with van der Waals surface area (Å²) >= 11 is 0. The molecule has 2 N–H and O–H groups in total. The highest BCUT2D eigenvalue weighted by Gasteiger charge is 2.30. The Bertz CT molecular complexity index is 1870. The van der Waals surface area contributed by atoms with Gasteiger partial charge in [-0.3, -0.25) is 15.1 Å². The quantitative estimate of drug-likeness (QED) is 0.184. The van der Waals surface area contributed by atoms with Gasteiger partial charge in [-0.2, -0.15) is 0 Å². The van der Waals surface area contributed by atoms with Crippen LogP contribution in [0.1, 0.15) is 30.0 Å². The van der Waals surface area contributed by atoms with Gasteiger partial charge in [-0.1, -0.05) is 31.2 Å². The number of likely N-dealkylation sites (tertiary alicyclic amines) is 1. The van der Waals surface area contributed by atoms with Gasteiger partial charge in [0.05, 0.1) is 19.9 Å². The molecular formula is C37H39N7O4. The number of nitrogens with one attached hydrogen (secondary N) is 2. The molecule has 1 fully saturated rings. The molecule has 11 heteroatoms. The van der Waals surface area contributed by atoms with Crippen LogP contribution in [0.15, 0.2) is 85.3 Å². The molecule has 0 saturated carbocycles. The molecule has 1 saturated heterocycles. The van der Waals surface area contributed by atoms with E-state index < -0.39 is 12.1 Å². The lowest BCUT2D eigenvalue weighted by atomic mass is 10.0. The number of carbonyl (C=O) groups is 2. The zero-order chi connectivity index (χ0) is 33.6. The molecule has 0 spiro atoms. The van der Waals surface area contributed by atoms with Crippen LogP contribution in [0.2, 0.25) is 0 Å². The number of methoxy groups -OCH3 is 2. The average Bonchev–Trinajstić information content (AvgIpc) is 3.43. The molecule has 6 rings (SSSR count). The van der Waals surface area contributed by atoms with Crippen LogP contribution in [0.5, 0.6) is 11.5 Å². The summed E-state index contributed by atoms with van der Waals surface area (Å²) in [6.07, 6.45) is 6.76. The van der Waals surface area contributed by atoms with Crippen molar-refractivity contribution >= 4 is 34.3 Å². The predicted molar refractivity (Wildman–Crippen MR) is 186 cm³/mol. The minimum Gasteiger partial charge on any atom is -0.497 e. The minimum absolute atomic E-state index is 0.103. The number of likely N-dealkylation sites (N-methyl/N-ethyl adjacent to an activating group) is 1. The van der Waals surface area contributed by atoms with E-state index in [4.69, 9.17) is 14.5 Å². The third-order valence-electron chi connectivity index (χ3n) is 8.60. The SMILES string of the molecule is CCc1ccncc1-c1cc2cc(NC(=O)N[C@H]3CCN(C)C3=O)ncc2c(N(Cc2ccc(OC)cc2)Cc2ccc(OC)cc2)n1. The van der Waals surface area contributed by atoms with Crippen molar-refractivity contribution in [3.63, 3.8) is 0 Å². The molecule has 1 atom stereocenters. The lowest BCUT2D eigenvalue weighted by Crippen LogP contribution is -2.42. The van der Waals surface area contributed by atoms with Crippen LogP contribution < -0.4 is 25.0 Å². The first kappa shape index (κ1) is 32.2. The molecular weight excluding hydrogens is 606 g/mol. The first-order valence-electron chi connectivity index (χ1n) is 15.9. The van der Waals surface area contributed by atoms with E-state index in [-0.39, 0.29) is 5.91 Å². The number of ether oxygens (including phenoxy) is 2. The van der Waals surface area contributed by atoms with Crippen LogP contribution in [0, 0.1) is 0 Å². The number of nitrogens with zero attached hydrogens (tertiary/aromatic N) is 5. The molecule has 0 bridgehead atoms. The zero-order valence-electron chi connectivity index (χ0n) is 27.6. The maximum Gasteiger partial charge on any atom is 0.321 e. The summed E-state index contributed by atoms with van der Waals surface area (Å²) in [5, 5.41) is 7.27. The maximum atomic E-state index is 12.9. The van der Waals surface area contributed by atoms with Gasteiger partial charge in [0.25, 0.3) is 0 Å². The first-order valence-corrected chi connectivity index (χ1v) is 15.9. The van der Waals surface area contributed by atoms with Gasteiger partial charge in [-0.15, -0.1) is 0 Å². The van der Waals surface area contributed by atoms with Gasteiger partial charge in [0.15, 0.2) is 0 Å². The summed E-state index contributed by atoms with van der Waals surface area (Å²) in [4.78, 5) is 43.4. The van der Waals surface area contributed by atoms with Gasteiger partial charge < -0.3 is 24.6 Å². The van der Waals surface area contributed by atoms with Gasteiger partial charge in [0.1, 0.15) is 29.2 Å². The number of anilines is 2. The third-order valence-corrected chi connectivity index (χ3v) is 8.60. The molecule has 3 aromatic heterocycles. The van der Waals surface area contributed by atoms with E-state index in [0.29, 0.717) is 31.9 Å². The fraction of sp³-hybridized carbons (Fsp3) is 0.270. The summed E-state index contributed by atoms with van der Waals surface area (Å²) in [7, 11) is 5.04. The van der Waals surface area contributed by atoms with Crippen LogP contribution in [0.25, 0.3) is 22.0 Å². The highest BCUT2D eigenvalue weighted by atomic mass is 16.5. The Morgan fingerprint density at radius 2 is 1.62 bits per heavy atom. The Hall–Kier alpha value is -5.71. The van der Waals surface area contributed by atoms with Crippen molar-refractivity contribution in [1.82, 2.24) is 25.2 Å². The van der Waals surface area contributed by atoms with Gasteiger partial charge in [-0.05, 0) is 77.4 Å². The van der Waals surface area contributed by atoms with E-state index in [1.54, 1.807) is 38.6 Å². The molecule has 1 aliphatic rings. The summed E-state index contributed by atoms with van der Waals surface area (Å²) < 4.78 is 10.8. The summed E-state index contributed by atoms with van der Waals surface area (Å²) in [5.41, 5.74) is 4.98. The van der Waals surface area contributed by atoms with Gasteiger partial charge in [0.2, 0.25) is 5.91 Å². The number of pyridine rings is 3. The number of carbonyl (C=O) groups excluding carboxylic acids is 2. The topological polar surface area (TPSA) is 122 Å². The Morgan fingerprint density at radius 1 is 0.958 bits per heavy atom. The van der Waals surface area contributed by atoms with E-state index in [0.717, 1.165) is 62.5 Å². The monoisotopic (exact) mass is 645 g/mol. The lowest BCUT2D eigenvalue weighted by molar-refractivity contribution is -0.128. The molecule has 2 aromatic carbocycles. The number of aryl methyl sites for hydroxylation is 1. The second kappa shape index (κ2) is 14.4. The highest BCUT2D eigenvalue weighted by molar-refractivity contribution is 5.99. The fourth-order valence-corrected chi connectivity index (χ4v) is 5.92. The number of benzene rings is 2. The Kier molecular flexibility index (Phi) is 9.65. The van der Waals surface area contributed by atoms with Crippen LogP contribution in [-0.4, -0.2) is 65.6 Å². The largest absolute Gasteiger partial charge is 0.497 e. The average molecular weight is 646 g/mol. The Balaban J connectivity index is 1.43. The molecule has 246 valence electrons. The molecule has 11 nitrogen and oxygen atoms in total. The van der Waals surface area contributed by atoms with Crippen molar-refractivity contribution in [2.75, 3.05) is 38.0 Å². The molecule has 0 unspecified atom stereocenters. The van der Waals surface area contributed by atoms with E-state index in [9.17, 15) is 9.59 Å².